The molecule has 0 radical (unpaired) electrons. The fraction of sp³-hybridized carbons (Fsp3) is 0. The number of fused-ring (bicyclic) bond motifs is 1. The van der Waals surface area contributed by atoms with Crippen LogP contribution in [0.5, 0.6) is 5.88 Å². The maximum absolute atomic E-state index is 11.0. The van der Waals surface area contributed by atoms with Gasteiger partial charge in [-0.1, -0.05) is 11.6 Å². The molecule has 4 nitrogen and oxygen atoms in total. The Morgan fingerprint density at radius 3 is 2.79 bits per heavy atom. The third-order valence-electron chi connectivity index (χ3n) is 1.96. The van der Waals surface area contributed by atoms with Gasteiger partial charge in [0.2, 0.25) is 0 Å². The predicted octanol–water partition coefficient (Wildman–Crippen LogP) is 1.93. The van der Waals surface area contributed by atoms with Crippen LogP contribution in [0.25, 0.3) is 10.9 Å². The fourth-order valence-electron chi connectivity index (χ4n) is 1.40. The molecule has 0 fully saturated rings. The van der Waals surface area contributed by atoms with Crippen LogP contribution in [-0.2, 0) is 0 Å². The molecule has 72 valence electrons. The molecule has 3 N–H and O–H groups in total. The van der Waals surface area contributed by atoms with Crippen LogP contribution in [-0.4, -0.2) is 15.7 Å². The number of aromatic hydroxyl groups is 1. The summed E-state index contributed by atoms with van der Waals surface area (Å²) >= 11 is 5.75. The highest BCUT2D eigenvalue weighted by atomic mass is 35.5. The average molecular weight is 211 g/mol. The monoisotopic (exact) mass is 210 g/mol. The summed E-state index contributed by atoms with van der Waals surface area (Å²) < 4.78 is 1.02. The summed E-state index contributed by atoms with van der Waals surface area (Å²) in [5.74, 6) is -0.185. The molecule has 0 atom stereocenters. The molecule has 1 amide bonds. The quantitative estimate of drug-likeness (QED) is 0.698. The fourth-order valence-corrected chi connectivity index (χ4v) is 1.58. The lowest BCUT2D eigenvalue weighted by molar-refractivity contribution is 0.248. The number of rotatable bonds is 0. The van der Waals surface area contributed by atoms with E-state index in [-0.39, 0.29) is 5.88 Å². The molecule has 0 spiro atoms. The first kappa shape index (κ1) is 8.90. The number of hydrogen-bond acceptors (Lipinski definition) is 2. The van der Waals surface area contributed by atoms with Crippen molar-refractivity contribution in [3.05, 3.63) is 29.3 Å². The van der Waals surface area contributed by atoms with Crippen molar-refractivity contribution in [2.75, 3.05) is 0 Å². The van der Waals surface area contributed by atoms with E-state index in [0.29, 0.717) is 15.9 Å². The Hall–Kier alpha value is -1.68. The summed E-state index contributed by atoms with van der Waals surface area (Å²) in [7, 11) is 0. The van der Waals surface area contributed by atoms with Crippen LogP contribution in [0.15, 0.2) is 24.3 Å². The molecule has 14 heavy (non-hydrogen) atoms. The number of aromatic nitrogens is 1. The minimum absolute atomic E-state index is 0.185. The minimum atomic E-state index is -0.722. The summed E-state index contributed by atoms with van der Waals surface area (Å²) in [4.78, 5) is 11.0. The summed E-state index contributed by atoms with van der Waals surface area (Å²) in [6, 6.07) is 5.62. The van der Waals surface area contributed by atoms with Crippen molar-refractivity contribution in [2.24, 2.45) is 5.73 Å². The van der Waals surface area contributed by atoms with Gasteiger partial charge in [-0.25, -0.2) is 9.36 Å². The highest BCUT2D eigenvalue weighted by molar-refractivity contribution is 6.31. The van der Waals surface area contributed by atoms with Crippen molar-refractivity contribution in [1.29, 1.82) is 0 Å². The van der Waals surface area contributed by atoms with E-state index in [2.05, 4.69) is 0 Å². The zero-order valence-electron chi connectivity index (χ0n) is 7.07. The molecule has 0 bridgehead atoms. The zero-order valence-corrected chi connectivity index (χ0v) is 7.82. The zero-order chi connectivity index (χ0) is 10.3. The Kier molecular flexibility index (Phi) is 1.86. The molecule has 1 aromatic heterocycles. The van der Waals surface area contributed by atoms with Gasteiger partial charge in [0, 0.05) is 16.5 Å². The van der Waals surface area contributed by atoms with Gasteiger partial charge in [-0.05, 0) is 18.2 Å². The predicted molar refractivity (Wildman–Crippen MR) is 53.6 cm³/mol. The molecule has 0 saturated carbocycles. The summed E-state index contributed by atoms with van der Waals surface area (Å²) in [6.45, 7) is 0. The molecule has 1 heterocycles. The molecule has 5 heteroatoms. The van der Waals surface area contributed by atoms with Crippen LogP contribution in [0.4, 0.5) is 4.79 Å². The molecule has 0 aliphatic heterocycles. The Morgan fingerprint density at radius 2 is 2.14 bits per heavy atom. The van der Waals surface area contributed by atoms with Crippen molar-refractivity contribution in [1.82, 2.24) is 4.57 Å². The Balaban J connectivity index is 2.84. The van der Waals surface area contributed by atoms with Gasteiger partial charge in [0.1, 0.15) is 0 Å². The molecule has 2 aromatic rings. The summed E-state index contributed by atoms with van der Waals surface area (Å²) in [5.41, 5.74) is 5.64. The standard InChI is InChI=1S/C9H7ClN2O2/c10-6-1-2-7-5(3-6)4-8(13)12(7)9(11)14/h1-4,13H,(H2,11,14). The second kappa shape index (κ2) is 2.92. The minimum Gasteiger partial charge on any atom is -0.494 e. The molecular weight excluding hydrogens is 204 g/mol. The van der Waals surface area contributed by atoms with Crippen molar-refractivity contribution in [3.8, 4) is 5.88 Å². The van der Waals surface area contributed by atoms with Gasteiger partial charge in [-0.2, -0.15) is 0 Å². The number of hydrogen-bond donors (Lipinski definition) is 2. The number of halogens is 1. The largest absolute Gasteiger partial charge is 0.494 e. The molecular formula is C9H7ClN2O2. The van der Waals surface area contributed by atoms with Gasteiger partial charge in [0.15, 0.2) is 5.88 Å². The first-order valence-electron chi connectivity index (χ1n) is 3.89. The Morgan fingerprint density at radius 1 is 1.43 bits per heavy atom. The van der Waals surface area contributed by atoms with Crippen LogP contribution in [0.2, 0.25) is 5.02 Å². The van der Waals surface area contributed by atoms with E-state index >= 15 is 0 Å². The van der Waals surface area contributed by atoms with Crippen molar-refractivity contribution in [3.63, 3.8) is 0 Å². The molecule has 0 aliphatic carbocycles. The number of nitrogens with zero attached hydrogens (tertiary/aromatic N) is 1. The average Bonchev–Trinajstić information content (AvgIpc) is 2.39. The topological polar surface area (TPSA) is 68.2 Å². The van der Waals surface area contributed by atoms with Crippen LogP contribution in [0.3, 0.4) is 0 Å². The van der Waals surface area contributed by atoms with Crippen molar-refractivity contribution >= 4 is 28.5 Å². The highest BCUT2D eigenvalue weighted by Gasteiger charge is 2.11. The van der Waals surface area contributed by atoms with Crippen LogP contribution >= 0.6 is 11.6 Å². The molecule has 0 unspecified atom stereocenters. The molecule has 0 saturated heterocycles. The molecule has 0 aliphatic rings. The maximum atomic E-state index is 11.0. The van der Waals surface area contributed by atoms with Gasteiger partial charge >= 0.3 is 6.03 Å². The highest BCUT2D eigenvalue weighted by Crippen LogP contribution is 2.26. The third kappa shape index (κ3) is 1.20. The normalized spacial score (nSPS) is 10.6. The summed E-state index contributed by atoms with van der Waals surface area (Å²) in [5, 5.41) is 10.6. The first-order chi connectivity index (χ1) is 6.59. The van der Waals surface area contributed by atoms with Crippen molar-refractivity contribution in [2.45, 2.75) is 0 Å². The van der Waals surface area contributed by atoms with Gasteiger partial charge in [-0.15, -0.1) is 0 Å². The second-order valence-corrected chi connectivity index (χ2v) is 3.32. The number of carbonyl (C=O) groups excluding carboxylic acids is 1. The number of nitrogens with two attached hydrogens (primary N) is 1. The lowest BCUT2D eigenvalue weighted by atomic mass is 10.2. The Bertz CT molecular complexity index is 519. The van der Waals surface area contributed by atoms with Crippen LogP contribution < -0.4 is 5.73 Å². The number of carbonyl (C=O) groups is 1. The SMILES string of the molecule is NC(=O)n1c(O)cc2cc(Cl)ccc21. The van der Waals surface area contributed by atoms with Crippen LogP contribution in [0.1, 0.15) is 0 Å². The van der Waals surface area contributed by atoms with Crippen molar-refractivity contribution < 1.29 is 9.90 Å². The number of amides is 1. The lowest BCUT2D eigenvalue weighted by Gasteiger charge is -1.99. The van der Waals surface area contributed by atoms with E-state index in [1.165, 1.54) is 6.07 Å². The first-order valence-corrected chi connectivity index (χ1v) is 4.27. The molecule has 2 rings (SSSR count). The van der Waals surface area contributed by atoms with Gasteiger partial charge in [0.05, 0.1) is 5.52 Å². The smallest absolute Gasteiger partial charge is 0.326 e. The number of benzene rings is 1. The second-order valence-electron chi connectivity index (χ2n) is 2.88. The van der Waals surface area contributed by atoms with Gasteiger partial charge < -0.3 is 10.8 Å². The van der Waals surface area contributed by atoms with E-state index in [1.54, 1.807) is 18.2 Å². The lowest BCUT2D eigenvalue weighted by Crippen LogP contribution is -2.18. The van der Waals surface area contributed by atoms with E-state index < -0.39 is 6.03 Å². The number of primary amides is 1. The van der Waals surface area contributed by atoms with E-state index in [1.807, 2.05) is 0 Å². The van der Waals surface area contributed by atoms with Crippen LogP contribution in [0, 0.1) is 0 Å². The summed E-state index contributed by atoms with van der Waals surface area (Å²) in [6.07, 6.45) is 0. The van der Waals surface area contributed by atoms with Gasteiger partial charge in [-0.3, -0.25) is 0 Å². The molecule has 1 aromatic carbocycles. The van der Waals surface area contributed by atoms with Gasteiger partial charge in [0.25, 0.3) is 0 Å². The maximum Gasteiger partial charge on any atom is 0.326 e. The van der Waals surface area contributed by atoms with E-state index in [4.69, 9.17) is 17.3 Å². The van der Waals surface area contributed by atoms with E-state index in [9.17, 15) is 9.90 Å². The Labute approximate surface area is 84.5 Å². The van der Waals surface area contributed by atoms with E-state index in [0.717, 1.165) is 4.57 Å². The third-order valence-corrected chi connectivity index (χ3v) is 2.20.